The van der Waals surface area contributed by atoms with E-state index in [2.05, 4.69) is 11.1 Å². The highest BCUT2D eigenvalue weighted by Gasteiger charge is 2.02. The van der Waals surface area contributed by atoms with Crippen molar-refractivity contribution in [3.63, 3.8) is 0 Å². The SMILES string of the molecule is N#Cc1ccncc1CCc1cccc(Cl)c1. The zero-order valence-electron chi connectivity index (χ0n) is 9.23. The minimum Gasteiger partial charge on any atom is -0.264 e. The van der Waals surface area contributed by atoms with Crippen LogP contribution in [0, 0.1) is 11.3 Å². The highest BCUT2D eigenvalue weighted by molar-refractivity contribution is 6.30. The summed E-state index contributed by atoms with van der Waals surface area (Å²) in [5.41, 5.74) is 2.85. The fraction of sp³-hybridized carbons (Fsp3) is 0.143. The van der Waals surface area contributed by atoms with E-state index in [0.29, 0.717) is 5.56 Å². The molecular weight excluding hydrogens is 232 g/mol. The van der Waals surface area contributed by atoms with Crippen LogP contribution in [0.5, 0.6) is 0 Å². The molecule has 17 heavy (non-hydrogen) atoms. The Bertz CT molecular complexity index is 558. The molecule has 0 saturated heterocycles. The van der Waals surface area contributed by atoms with E-state index in [4.69, 9.17) is 16.9 Å². The summed E-state index contributed by atoms with van der Waals surface area (Å²) in [6.45, 7) is 0. The summed E-state index contributed by atoms with van der Waals surface area (Å²) in [5.74, 6) is 0. The first-order valence-electron chi connectivity index (χ1n) is 5.37. The van der Waals surface area contributed by atoms with Crippen LogP contribution in [0.15, 0.2) is 42.7 Å². The average molecular weight is 243 g/mol. The minimum absolute atomic E-state index is 0.696. The number of hydrogen-bond acceptors (Lipinski definition) is 2. The number of aryl methyl sites for hydroxylation is 2. The van der Waals surface area contributed by atoms with Crippen LogP contribution in [-0.4, -0.2) is 4.98 Å². The van der Waals surface area contributed by atoms with Crippen molar-refractivity contribution in [1.82, 2.24) is 4.98 Å². The predicted octanol–water partition coefficient (Wildman–Crippen LogP) is 3.39. The van der Waals surface area contributed by atoms with E-state index in [-0.39, 0.29) is 0 Å². The quantitative estimate of drug-likeness (QED) is 0.827. The zero-order chi connectivity index (χ0) is 12.1. The Labute approximate surface area is 105 Å². The third kappa shape index (κ3) is 3.05. The highest BCUT2D eigenvalue weighted by atomic mass is 35.5. The number of halogens is 1. The Balaban J connectivity index is 2.10. The van der Waals surface area contributed by atoms with Gasteiger partial charge < -0.3 is 0 Å². The molecule has 0 N–H and O–H groups in total. The average Bonchev–Trinajstić information content (AvgIpc) is 2.37. The second-order valence-electron chi connectivity index (χ2n) is 3.77. The lowest BCUT2D eigenvalue weighted by atomic mass is 10.0. The second kappa shape index (κ2) is 5.47. The van der Waals surface area contributed by atoms with E-state index in [0.717, 1.165) is 23.4 Å². The molecule has 1 aromatic carbocycles. The van der Waals surface area contributed by atoms with Gasteiger partial charge in [0, 0.05) is 17.4 Å². The van der Waals surface area contributed by atoms with Gasteiger partial charge in [0.2, 0.25) is 0 Å². The van der Waals surface area contributed by atoms with Gasteiger partial charge in [0.15, 0.2) is 0 Å². The Kier molecular flexibility index (Phi) is 3.74. The summed E-state index contributed by atoms with van der Waals surface area (Å²) in [7, 11) is 0. The first-order chi connectivity index (χ1) is 8.29. The predicted molar refractivity (Wildman–Crippen MR) is 67.8 cm³/mol. The molecule has 2 aromatic rings. The second-order valence-corrected chi connectivity index (χ2v) is 4.21. The first-order valence-corrected chi connectivity index (χ1v) is 5.75. The summed E-state index contributed by atoms with van der Waals surface area (Å²) >= 11 is 5.92. The van der Waals surface area contributed by atoms with Crippen LogP contribution >= 0.6 is 11.6 Å². The molecule has 0 aliphatic heterocycles. The molecule has 0 bridgehead atoms. The summed E-state index contributed by atoms with van der Waals surface area (Å²) < 4.78 is 0. The summed E-state index contributed by atoms with van der Waals surface area (Å²) in [6, 6.07) is 11.7. The lowest BCUT2D eigenvalue weighted by Crippen LogP contribution is -1.95. The Morgan fingerprint density at radius 1 is 1.24 bits per heavy atom. The van der Waals surface area contributed by atoms with Crippen LogP contribution in [0.4, 0.5) is 0 Å². The number of nitrogens with zero attached hydrogens (tertiary/aromatic N) is 2. The molecule has 0 aliphatic rings. The van der Waals surface area contributed by atoms with Crippen LogP contribution in [0.2, 0.25) is 5.02 Å². The number of nitriles is 1. The maximum absolute atomic E-state index is 8.96. The lowest BCUT2D eigenvalue weighted by Gasteiger charge is -2.03. The van der Waals surface area contributed by atoms with E-state index in [9.17, 15) is 0 Å². The van der Waals surface area contributed by atoms with Crippen LogP contribution in [0.3, 0.4) is 0 Å². The number of aromatic nitrogens is 1. The molecule has 0 amide bonds. The fourth-order valence-corrected chi connectivity index (χ4v) is 1.92. The highest BCUT2D eigenvalue weighted by Crippen LogP contribution is 2.14. The molecule has 2 nitrogen and oxygen atoms in total. The van der Waals surface area contributed by atoms with Crippen LogP contribution < -0.4 is 0 Å². The fourth-order valence-electron chi connectivity index (χ4n) is 1.71. The minimum atomic E-state index is 0.696. The molecule has 0 radical (unpaired) electrons. The molecule has 0 atom stereocenters. The molecule has 0 unspecified atom stereocenters. The Morgan fingerprint density at radius 2 is 2.12 bits per heavy atom. The van der Waals surface area contributed by atoms with Gasteiger partial charge in [0.1, 0.15) is 0 Å². The molecule has 2 rings (SSSR count). The van der Waals surface area contributed by atoms with Gasteiger partial charge in [-0.25, -0.2) is 0 Å². The van der Waals surface area contributed by atoms with Crippen molar-refractivity contribution >= 4 is 11.6 Å². The largest absolute Gasteiger partial charge is 0.264 e. The third-order valence-corrected chi connectivity index (χ3v) is 2.83. The molecule has 0 saturated carbocycles. The van der Waals surface area contributed by atoms with Crippen molar-refractivity contribution in [2.75, 3.05) is 0 Å². The van der Waals surface area contributed by atoms with Crippen molar-refractivity contribution in [2.24, 2.45) is 0 Å². The number of benzene rings is 1. The summed E-state index contributed by atoms with van der Waals surface area (Å²) in [5, 5.41) is 9.71. The van der Waals surface area contributed by atoms with Gasteiger partial charge in [-0.15, -0.1) is 0 Å². The van der Waals surface area contributed by atoms with Gasteiger partial charge in [-0.2, -0.15) is 5.26 Å². The van der Waals surface area contributed by atoms with E-state index >= 15 is 0 Å². The van der Waals surface area contributed by atoms with Crippen LogP contribution in [0.1, 0.15) is 16.7 Å². The molecule has 0 spiro atoms. The molecule has 3 heteroatoms. The van der Waals surface area contributed by atoms with Crippen molar-refractivity contribution in [3.8, 4) is 6.07 Å². The summed E-state index contributed by atoms with van der Waals surface area (Å²) in [6.07, 6.45) is 5.06. The van der Waals surface area contributed by atoms with Gasteiger partial charge >= 0.3 is 0 Å². The molecule has 0 fully saturated rings. The number of hydrogen-bond donors (Lipinski definition) is 0. The Hall–Kier alpha value is -1.85. The number of pyridine rings is 1. The van der Waals surface area contributed by atoms with Crippen molar-refractivity contribution in [2.45, 2.75) is 12.8 Å². The lowest BCUT2D eigenvalue weighted by molar-refractivity contribution is 0.945. The van der Waals surface area contributed by atoms with Crippen molar-refractivity contribution in [1.29, 1.82) is 5.26 Å². The first kappa shape index (κ1) is 11.6. The van der Waals surface area contributed by atoms with Gasteiger partial charge in [-0.1, -0.05) is 23.7 Å². The van der Waals surface area contributed by atoms with E-state index in [1.165, 1.54) is 5.56 Å². The molecular formula is C14H11ClN2. The molecule has 1 heterocycles. The molecule has 1 aromatic heterocycles. The summed E-state index contributed by atoms with van der Waals surface area (Å²) in [4.78, 5) is 4.05. The van der Waals surface area contributed by atoms with Crippen LogP contribution in [-0.2, 0) is 12.8 Å². The van der Waals surface area contributed by atoms with E-state index in [1.54, 1.807) is 18.5 Å². The third-order valence-electron chi connectivity index (χ3n) is 2.60. The Morgan fingerprint density at radius 3 is 2.88 bits per heavy atom. The van der Waals surface area contributed by atoms with E-state index in [1.807, 2.05) is 24.3 Å². The topological polar surface area (TPSA) is 36.7 Å². The number of rotatable bonds is 3. The van der Waals surface area contributed by atoms with Crippen molar-refractivity contribution in [3.05, 3.63) is 64.4 Å². The normalized spacial score (nSPS) is 9.88. The maximum Gasteiger partial charge on any atom is 0.0995 e. The molecule has 0 aliphatic carbocycles. The van der Waals surface area contributed by atoms with E-state index < -0.39 is 0 Å². The monoisotopic (exact) mass is 242 g/mol. The smallest absolute Gasteiger partial charge is 0.0995 e. The standard InChI is InChI=1S/C14H11ClN2/c15-14-3-1-2-11(8-14)4-5-13-10-17-7-6-12(13)9-16/h1-3,6-8,10H,4-5H2. The molecule has 84 valence electrons. The van der Waals surface area contributed by atoms with Gasteiger partial charge in [0.25, 0.3) is 0 Å². The van der Waals surface area contributed by atoms with Crippen molar-refractivity contribution < 1.29 is 0 Å². The van der Waals surface area contributed by atoms with Gasteiger partial charge in [0.05, 0.1) is 11.6 Å². The van der Waals surface area contributed by atoms with Gasteiger partial charge in [-0.05, 0) is 42.2 Å². The van der Waals surface area contributed by atoms with Gasteiger partial charge in [-0.3, -0.25) is 4.98 Å². The zero-order valence-corrected chi connectivity index (χ0v) is 9.98. The maximum atomic E-state index is 8.96. The van der Waals surface area contributed by atoms with Crippen LogP contribution in [0.25, 0.3) is 0 Å².